The Morgan fingerprint density at radius 3 is 2.31 bits per heavy atom. The maximum atomic E-state index is 13.5. The van der Waals surface area contributed by atoms with Crippen LogP contribution in [0.5, 0.6) is 5.75 Å². The van der Waals surface area contributed by atoms with Gasteiger partial charge < -0.3 is 9.84 Å². The van der Waals surface area contributed by atoms with Crippen molar-refractivity contribution in [2.24, 2.45) is 0 Å². The topological polar surface area (TPSA) is 66.8 Å². The van der Waals surface area contributed by atoms with Crippen molar-refractivity contribution in [2.75, 3.05) is 12.0 Å². The van der Waals surface area contributed by atoms with Gasteiger partial charge in [0.25, 0.3) is 11.7 Å². The molecule has 1 amide bonds. The van der Waals surface area contributed by atoms with Crippen molar-refractivity contribution >= 4 is 23.1 Å². The summed E-state index contributed by atoms with van der Waals surface area (Å²) in [5.74, 6) is -2.01. The van der Waals surface area contributed by atoms with Crippen molar-refractivity contribution in [3.63, 3.8) is 0 Å². The number of benzene rings is 3. The summed E-state index contributed by atoms with van der Waals surface area (Å²) < 4.78 is 18.9. The van der Waals surface area contributed by atoms with Crippen molar-refractivity contribution in [1.82, 2.24) is 0 Å². The molecule has 5 nitrogen and oxygen atoms in total. The van der Waals surface area contributed by atoms with Crippen molar-refractivity contribution in [1.29, 1.82) is 0 Å². The number of ether oxygens (including phenoxy) is 1. The second-order valence-corrected chi connectivity index (χ2v) is 7.76. The number of carbonyl (C=O) groups excluding carboxylic acids is 2. The van der Waals surface area contributed by atoms with Crippen LogP contribution in [0.4, 0.5) is 10.1 Å². The van der Waals surface area contributed by atoms with E-state index in [-0.39, 0.29) is 11.3 Å². The van der Waals surface area contributed by atoms with Gasteiger partial charge in [-0.25, -0.2) is 4.39 Å². The number of aryl methyl sites for hydroxylation is 2. The summed E-state index contributed by atoms with van der Waals surface area (Å²) in [6, 6.07) is 17.0. The maximum absolute atomic E-state index is 13.5. The lowest BCUT2D eigenvalue weighted by atomic mass is 9.93. The van der Waals surface area contributed by atoms with E-state index in [1.807, 2.05) is 38.1 Å². The number of ketones is 1. The zero-order valence-electron chi connectivity index (χ0n) is 17.9. The Hall–Kier alpha value is -3.93. The van der Waals surface area contributed by atoms with Crippen LogP contribution in [0.15, 0.2) is 72.3 Å². The number of amides is 1. The third-order valence-electron chi connectivity index (χ3n) is 5.52. The first-order valence-corrected chi connectivity index (χ1v) is 10.1. The molecule has 3 aromatic rings. The number of rotatable bonds is 4. The molecule has 1 atom stereocenters. The van der Waals surface area contributed by atoms with E-state index in [2.05, 4.69) is 0 Å². The van der Waals surface area contributed by atoms with E-state index in [4.69, 9.17) is 4.74 Å². The molecule has 0 bridgehead atoms. The summed E-state index contributed by atoms with van der Waals surface area (Å²) in [7, 11) is 1.47. The summed E-state index contributed by atoms with van der Waals surface area (Å²) >= 11 is 0. The number of Topliss-reactive ketones (excluding diaryl/α,β-unsaturated/α-hetero) is 1. The van der Waals surface area contributed by atoms with Gasteiger partial charge in [0.1, 0.15) is 17.3 Å². The molecular formula is C26H22FNO4. The second-order valence-electron chi connectivity index (χ2n) is 7.76. The van der Waals surface area contributed by atoms with Crippen LogP contribution in [0.3, 0.4) is 0 Å². The van der Waals surface area contributed by atoms with E-state index in [9.17, 15) is 19.1 Å². The average molecular weight is 431 g/mol. The smallest absolute Gasteiger partial charge is 0.300 e. The van der Waals surface area contributed by atoms with Crippen molar-refractivity contribution in [3.05, 3.63) is 100 Å². The van der Waals surface area contributed by atoms with Gasteiger partial charge in [0.2, 0.25) is 0 Å². The third-order valence-corrected chi connectivity index (χ3v) is 5.52. The molecule has 162 valence electrons. The summed E-state index contributed by atoms with van der Waals surface area (Å²) in [5.41, 5.74) is 3.07. The highest BCUT2D eigenvalue weighted by Crippen LogP contribution is 2.43. The zero-order chi connectivity index (χ0) is 23.0. The quantitative estimate of drug-likeness (QED) is 0.356. The van der Waals surface area contributed by atoms with Gasteiger partial charge >= 0.3 is 0 Å². The number of aliphatic hydroxyl groups excluding tert-OH is 1. The van der Waals surface area contributed by atoms with Gasteiger partial charge in [-0.1, -0.05) is 41.5 Å². The summed E-state index contributed by atoms with van der Waals surface area (Å²) in [4.78, 5) is 27.6. The number of carbonyl (C=O) groups is 2. The SMILES string of the molecule is COc1ccc(C)cc1/C(O)=C1\C(=O)C(=O)N(c2ccc(F)cc2)C1c1cccc(C)c1. The molecule has 1 aliphatic rings. The molecule has 32 heavy (non-hydrogen) atoms. The molecule has 4 rings (SSSR count). The van der Waals surface area contributed by atoms with Crippen LogP contribution >= 0.6 is 0 Å². The highest BCUT2D eigenvalue weighted by atomic mass is 19.1. The summed E-state index contributed by atoms with van der Waals surface area (Å²) in [5, 5.41) is 11.3. The van der Waals surface area contributed by atoms with Gasteiger partial charge in [-0.05, 0) is 55.8 Å². The van der Waals surface area contributed by atoms with Gasteiger partial charge in [0.15, 0.2) is 0 Å². The van der Waals surface area contributed by atoms with E-state index >= 15 is 0 Å². The number of nitrogens with zero attached hydrogens (tertiary/aromatic N) is 1. The van der Waals surface area contributed by atoms with Gasteiger partial charge in [0, 0.05) is 5.69 Å². The molecule has 0 aliphatic carbocycles. The van der Waals surface area contributed by atoms with Crippen molar-refractivity contribution in [2.45, 2.75) is 19.9 Å². The number of hydrogen-bond acceptors (Lipinski definition) is 4. The minimum absolute atomic E-state index is 0.0474. The first-order chi connectivity index (χ1) is 15.3. The Kier molecular flexibility index (Phi) is 5.53. The summed E-state index contributed by atoms with van der Waals surface area (Å²) in [6.45, 7) is 3.75. The standard InChI is InChI=1S/C26H22FNO4/c1-15-5-4-6-17(13-15)23-22(24(29)20-14-16(2)7-12-21(20)32-3)25(30)26(31)28(23)19-10-8-18(27)9-11-19/h4-14,23,29H,1-3H3/b24-22+. The van der Waals surface area contributed by atoms with E-state index in [0.717, 1.165) is 11.1 Å². The number of methoxy groups -OCH3 is 1. The molecule has 1 aliphatic heterocycles. The Labute approximate surface area is 185 Å². The maximum Gasteiger partial charge on any atom is 0.300 e. The Morgan fingerprint density at radius 1 is 0.969 bits per heavy atom. The Bertz CT molecular complexity index is 1250. The second kappa shape index (κ2) is 8.30. The van der Waals surface area contributed by atoms with Crippen LogP contribution in [0.1, 0.15) is 28.3 Å². The molecular weight excluding hydrogens is 409 g/mol. The molecule has 3 aromatic carbocycles. The zero-order valence-corrected chi connectivity index (χ0v) is 17.9. The first kappa shape index (κ1) is 21.3. The highest BCUT2D eigenvalue weighted by Gasteiger charge is 2.47. The molecule has 1 saturated heterocycles. The van der Waals surface area contributed by atoms with Crippen LogP contribution in [0.25, 0.3) is 5.76 Å². The minimum atomic E-state index is -0.884. The van der Waals surface area contributed by atoms with Gasteiger partial charge in [-0.15, -0.1) is 0 Å². The number of halogens is 1. The number of aliphatic hydroxyl groups is 1. The molecule has 6 heteroatoms. The molecule has 1 unspecified atom stereocenters. The predicted octanol–water partition coefficient (Wildman–Crippen LogP) is 5.08. The molecule has 0 spiro atoms. The Balaban J connectivity index is 1.99. The van der Waals surface area contributed by atoms with E-state index < -0.39 is 23.5 Å². The monoisotopic (exact) mass is 431 g/mol. The Morgan fingerprint density at radius 2 is 1.66 bits per heavy atom. The van der Waals surface area contributed by atoms with Crippen molar-refractivity contribution in [3.8, 4) is 5.75 Å². The third kappa shape index (κ3) is 3.64. The van der Waals surface area contributed by atoms with Crippen LogP contribution in [0.2, 0.25) is 0 Å². The lowest BCUT2D eigenvalue weighted by molar-refractivity contribution is -0.132. The van der Waals surface area contributed by atoms with Crippen LogP contribution in [-0.4, -0.2) is 23.9 Å². The molecule has 0 saturated carbocycles. The molecule has 1 heterocycles. The van der Waals surface area contributed by atoms with Gasteiger partial charge in [-0.3, -0.25) is 14.5 Å². The van der Waals surface area contributed by atoms with Crippen molar-refractivity contribution < 1.29 is 23.8 Å². The fraction of sp³-hybridized carbons (Fsp3) is 0.154. The fourth-order valence-corrected chi connectivity index (χ4v) is 4.01. The highest BCUT2D eigenvalue weighted by molar-refractivity contribution is 6.51. The van der Waals surface area contributed by atoms with Gasteiger partial charge in [-0.2, -0.15) is 0 Å². The summed E-state index contributed by atoms with van der Waals surface area (Å²) in [6.07, 6.45) is 0. The fourth-order valence-electron chi connectivity index (χ4n) is 4.01. The number of anilines is 1. The van der Waals surface area contributed by atoms with E-state index in [0.29, 0.717) is 22.6 Å². The van der Waals surface area contributed by atoms with Crippen LogP contribution in [0, 0.1) is 19.7 Å². The molecule has 1 fully saturated rings. The molecule has 1 N–H and O–H groups in total. The normalized spacial score (nSPS) is 17.6. The predicted molar refractivity (Wildman–Crippen MR) is 120 cm³/mol. The van der Waals surface area contributed by atoms with E-state index in [1.54, 1.807) is 18.2 Å². The average Bonchev–Trinajstić information content (AvgIpc) is 3.04. The lowest BCUT2D eigenvalue weighted by Gasteiger charge is -2.26. The lowest BCUT2D eigenvalue weighted by Crippen LogP contribution is -2.29. The largest absolute Gasteiger partial charge is 0.507 e. The molecule has 0 radical (unpaired) electrons. The number of hydrogen-bond donors (Lipinski definition) is 1. The van der Waals surface area contributed by atoms with Crippen LogP contribution in [-0.2, 0) is 9.59 Å². The first-order valence-electron chi connectivity index (χ1n) is 10.1. The van der Waals surface area contributed by atoms with Gasteiger partial charge in [0.05, 0.1) is 24.3 Å². The molecule has 0 aromatic heterocycles. The van der Waals surface area contributed by atoms with E-state index in [1.165, 1.54) is 36.3 Å². The minimum Gasteiger partial charge on any atom is -0.507 e. The van der Waals surface area contributed by atoms with Crippen LogP contribution < -0.4 is 9.64 Å².